The van der Waals surface area contributed by atoms with E-state index >= 15 is 0 Å². The van der Waals surface area contributed by atoms with Crippen molar-refractivity contribution < 1.29 is 22.0 Å². The molecule has 14 heavy (non-hydrogen) atoms. The maximum Gasteiger partial charge on any atom is 0.304 e. The van der Waals surface area contributed by atoms with E-state index in [1.54, 1.807) is 0 Å². The molecule has 2 fully saturated rings. The summed E-state index contributed by atoms with van der Waals surface area (Å²) >= 11 is -1.60. The van der Waals surface area contributed by atoms with Crippen molar-refractivity contribution in [2.75, 3.05) is 26.4 Å². The Morgan fingerprint density at radius 3 is 2.00 bits per heavy atom. The maximum atomic E-state index is 10.8. The molecule has 0 amide bonds. The predicted molar refractivity (Wildman–Crippen MR) is 48.5 cm³/mol. The first-order valence-corrected chi connectivity index (χ1v) is 5.48. The van der Waals surface area contributed by atoms with E-state index in [0.29, 0.717) is 26.4 Å². The van der Waals surface area contributed by atoms with Crippen LogP contribution in [0.15, 0.2) is 0 Å². The lowest BCUT2D eigenvalue weighted by molar-refractivity contribution is -0.295. The van der Waals surface area contributed by atoms with Gasteiger partial charge in [-0.1, -0.05) is 0 Å². The molecule has 1 spiro atoms. The Morgan fingerprint density at radius 1 is 1.00 bits per heavy atom. The summed E-state index contributed by atoms with van der Waals surface area (Å²) in [7, 11) is 0. The molecular weight excluding hydrogens is 208 g/mol. The molecule has 2 saturated heterocycles. The van der Waals surface area contributed by atoms with Crippen molar-refractivity contribution in [1.82, 2.24) is 0 Å². The van der Waals surface area contributed by atoms with Crippen LogP contribution in [0.5, 0.6) is 0 Å². The van der Waals surface area contributed by atoms with Gasteiger partial charge in [-0.05, 0) is 13.8 Å². The monoisotopic (exact) mass is 222 g/mol. The summed E-state index contributed by atoms with van der Waals surface area (Å²) < 4.78 is 31.7. The minimum absolute atomic E-state index is 0.288. The highest BCUT2D eigenvalue weighted by molar-refractivity contribution is 7.75. The highest BCUT2D eigenvalue weighted by Crippen LogP contribution is 2.32. The summed E-state index contributed by atoms with van der Waals surface area (Å²) in [6.45, 7) is 5.46. The predicted octanol–water partition coefficient (Wildman–Crippen LogP) is 0.381. The summed E-state index contributed by atoms with van der Waals surface area (Å²) in [4.78, 5) is 0. The zero-order valence-electron chi connectivity index (χ0n) is 8.28. The molecule has 0 aromatic rings. The second-order valence-electron chi connectivity index (χ2n) is 4.21. The lowest BCUT2D eigenvalue weighted by Crippen LogP contribution is -2.53. The summed E-state index contributed by atoms with van der Waals surface area (Å²) in [6.07, 6.45) is 0. The number of rotatable bonds is 0. The van der Waals surface area contributed by atoms with E-state index in [2.05, 4.69) is 0 Å². The fourth-order valence-corrected chi connectivity index (χ4v) is 2.09. The minimum Gasteiger partial charge on any atom is -0.350 e. The Balaban J connectivity index is 1.96. The van der Waals surface area contributed by atoms with Crippen molar-refractivity contribution in [1.29, 1.82) is 0 Å². The average molecular weight is 222 g/mol. The van der Waals surface area contributed by atoms with Crippen LogP contribution in [-0.4, -0.2) is 36.4 Å². The molecule has 0 bridgehead atoms. The molecule has 0 aliphatic carbocycles. The molecule has 0 N–H and O–H groups in total. The minimum atomic E-state index is -1.60. The van der Waals surface area contributed by atoms with Crippen LogP contribution in [0.2, 0.25) is 0 Å². The lowest BCUT2D eigenvalue weighted by atomic mass is 9.91. The first-order chi connectivity index (χ1) is 6.52. The van der Waals surface area contributed by atoms with Crippen LogP contribution in [0.3, 0.4) is 0 Å². The highest BCUT2D eigenvalue weighted by Gasteiger charge is 2.44. The Hall–Kier alpha value is -0.0100. The second-order valence-corrected chi connectivity index (χ2v) is 5.09. The fraction of sp³-hybridized carbons (Fsp3) is 1.00. The van der Waals surface area contributed by atoms with Crippen molar-refractivity contribution in [2.24, 2.45) is 5.41 Å². The molecule has 2 rings (SSSR count). The van der Waals surface area contributed by atoms with Gasteiger partial charge in [-0.25, -0.2) is 0 Å². The van der Waals surface area contributed by atoms with Crippen molar-refractivity contribution >= 4 is 11.4 Å². The van der Waals surface area contributed by atoms with Gasteiger partial charge < -0.3 is 9.47 Å². The van der Waals surface area contributed by atoms with Crippen LogP contribution in [0.25, 0.3) is 0 Å². The molecule has 6 heteroatoms. The van der Waals surface area contributed by atoms with Gasteiger partial charge in [-0.15, -0.1) is 0 Å². The topological polar surface area (TPSA) is 54.0 Å². The van der Waals surface area contributed by atoms with Gasteiger partial charge in [0.05, 0.1) is 31.8 Å². The molecule has 2 aliphatic rings. The van der Waals surface area contributed by atoms with Crippen LogP contribution in [-0.2, 0) is 29.2 Å². The zero-order valence-corrected chi connectivity index (χ0v) is 9.09. The summed E-state index contributed by atoms with van der Waals surface area (Å²) in [5.74, 6) is -0.540. The van der Waals surface area contributed by atoms with Crippen LogP contribution in [0.1, 0.15) is 13.8 Å². The normalized spacial score (nSPS) is 31.9. The third-order valence-corrected chi connectivity index (χ3v) is 3.00. The Labute approximate surface area is 85.5 Å². The van der Waals surface area contributed by atoms with E-state index in [9.17, 15) is 4.21 Å². The third-order valence-electron chi connectivity index (χ3n) is 2.37. The van der Waals surface area contributed by atoms with E-state index in [1.807, 2.05) is 13.8 Å². The van der Waals surface area contributed by atoms with Gasteiger partial charge in [0.2, 0.25) is 0 Å². The smallest absolute Gasteiger partial charge is 0.304 e. The Morgan fingerprint density at radius 2 is 1.50 bits per heavy atom. The van der Waals surface area contributed by atoms with E-state index in [-0.39, 0.29) is 5.41 Å². The molecule has 0 aromatic carbocycles. The van der Waals surface area contributed by atoms with Crippen molar-refractivity contribution in [3.8, 4) is 0 Å². The molecular formula is C8H14O5S. The van der Waals surface area contributed by atoms with Crippen molar-refractivity contribution in [3.63, 3.8) is 0 Å². The first-order valence-electron chi connectivity index (χ1n) is 4.48. The summed E-state index contributed by atoms with van der Waals surface area (Å²) in [5, 5.41) is 0. The van der Waals surface area contributed by atoms with E-state index in [0.717, 1.165) is 0 Å². The first kappa shape index (κ1) is 10.5. The van der Waals surface area contributed by atoms with E-state index in [4.69, 9.17) is 17.8 Å². The van der Waals surface area contributed by atoms with Crippen LogP contribution in [0.4, 0.5) is 0 Å². The highest BCUT2D eigenvalue weighted by atomic mass is 32.2. The van der Waals surface area contributed by atoms with Crippen LogP contribution < -0.4 is 0 Å². The van der Waals surface area contributed by atoms with E-state index in [1.165, 1.54) is 0 Å². The quantitative estimate of drug-likeness (QED) is 0.593. The largest absolute Gasteiger partial charge is 0.350 e. The van der Waals surface area contributed by atoms with Gasteiger partial charge in [0.15, 0.2) is 5.79 Å². The molecule has 0 radical (unpaired) electrons. The maximum absolute atomic E-state index is 10.8. The zero-order chi connectivity index (χ0) is 10.2. The van der Waals surface area contributed by atoms with Gasteiger partial charge in [-0.2, -0.15) is 4.21 Å². The summed E-state index contributed by atoms with van der Waals surface area (Å²) in [6, 6.07) is 0. The van der Waals surface area contributed by atoms with Crippen LogP contribution >= 0.6 is 0 Å². The Bertz CT molecular complexity index is 230. The molecule has 5 nitrogen and oxygen atoms in total. The molecule has 0 saturated carbocycles. The molecule has 0 aromatic heterocycles. The fourth-order valence-electron chi connectivity index (χ4n) is 1.33. The molecule has 0 unspecified atom stereocenters. The van der Waals surface area contributed by atoms with Crippen molar-refractivity contribution in [3.05, 3.63) is 0 Å². The van der Waals surface area contributed by atoms with Gasteiger partial charge in [0, 0.05) is 0 Å². The van der Waals surface area contributed by atoms with Crippen molar-refractivity contribution in [2.45, 2.75) is 19.6 Å². The molecule has 2 aliphatic heterocycles. The molecule has 2 heterocycles. The van der Waals surface area contributed by atoms with Gasteiger partial charge >= 0.3 is 11.4 Å². The Kier molecular flexibility index (Phi) is 2.65. The van der Waals surface area contributed by atoms with E-state index < -0.39 is 17.1 Å². The third kappa shape index (κ3) is 2.14. The lowest BCUT2D eigenvalue weighted by Gasteiger charge is -2.43. The standard InChI is InChI=1S/C8H14O5S/c1-7(2)10-3-8(4-11-7)5-12-14(9)13-6-8/h3-6H2,1-2H3. The number of ether oxygens (including phenoxy) is 2. The number of hydrogen-bond donors (Lipinski definition) is 0. The van der Waals surface area contributed by atoms with Gasteiger partial charge in [0.1, 0.15) is 0 Å². The summed E-state index contributed by atoms with van der Waals surface area (Å²) in [5.41, 5.74) is -0.288. The van der Waals surface area contributed by atoms with Gasteiger partial charge in [0.25, 0.3) is 0 Å². The average Bonchev–Trinajstić information content (AvgIpc) is 2.16. The van der Waals surface area contributed by atoms with Crippen LogP contribution in [0, 0.1) is 5.41 Å². The molecule has 82 valence electrons. The SMILES string of the molecule is CC1(C)OCC2(COS(=O)OC2)CO1. The second kappa shape index (κ2) is 3.53. The van der Waals surface area contributed by atoms with Gasteiger partial charge in [-0.3, -0.25) is 8.37 Å². The number of hydrogen-bond acceptors (Lipinski definition) is 5. The molecule has 0 atom stereocenters.